The third kappa shape index (κ3) is 4.03. The summed E-state index contributed by atoms with van der Waals surface area (Å²) in [5.41, 5.74) is 4.49. The standard InChI is InChI=1S/C20H27FN2O/c1-2-7-18(14-10-12-15(21)13-11-14)22-23-20(24)19-16-8-5-3-4-6-9-17(16)19/h10-13,16-17,19H,2-9H2,1H3,(H,23,24)/b22-18-. The van der Waals surface area contributed by atoms with Crippen molar-refractivity contribution in [3.8, 4) is 0 Å². The van der Waals surface area contributed by atoms with Crippen molar-refractivity contribution in [2.75, 3.05) is 0 Å². The van der Waals surface area contributed by atoms with E-state index in [1.165, 1.54) is 50.7 Å². The molecule has 0 spiro atoms. The van der Waals surface area contributed by atoms with Crippen molar-refractivity contribution in [1.29, 1.82) is 0 Å². The smallest absolute Gasteiger partial charge is 0.243 e. The highest BCUT2D eigenvalue weighted by Gasteiger charge is 2.53. The van der Waals surface area contributed by atoms with Gasteiger partial charge in [0.1, 0.15) is 5.82 Å². The first-order valence-corrected chi connectivity index (χ1v) is 9.33. The number of nitrogens with one attached hydrogen (secondary N) is 1. The SMILES string of the molecule is CCC/C(=N/NC(=O)C1C2CCCCCCC21)c1ccc(F)cc1. The molecule has 2 unspecified atom stereocenters. The number of nitrogens with zero attached hydrogens (tertiary/aromatic N) is 1. The van der Waals surface area contributed by atoms with E-state index in [0.29, 0.717) is 11.8 Å². The number of hydrogen-bond donors (Lipinski definition) is 1. The van der Waals surface area contributed by atoms with Crippen LogP contribution in [-0.2, 0) is 4.79 Å². The molecule has 2 atom stereocenters. The highest BCUT2D eigenvalue weighted by atomic mass is 19.1. The lowest BCUT2D eigenvalue weighted by Gasteiger charge is -2.06. The Hall–Kier alpha value is -1.71. The normalized spacial score (nSPS) is 26.9. The topological polar surface area (TPSA) is 41.5 Å². The molecule has 1 aromatic carbocycles. The van der Waals surface area contributed by atoms with Gasteiger partial charge in [-0.05, 0) is 48.8 Å². The van der Waals surface area contributed by atoms with Gasteiger partial charge in [0.2, 0.25) is 5.91 Å². The summed E-state index contributed by atoms with van der Waals surface area (Å²) in [6, 6.07) is 6.32. The van der Waals surface area contributed by atoms with E-state index in [9.17, 15) is 9.18 Å². The maximum atomic E-state index is 13.1. The van der Waals surface area contributed by atoms with Crippen LogP contribution < -0.4 is 5.43 Å². The molecule has 4 heteroatoms. The van der Waals surface area contributed by atoms with Crippen LogP contribution in [0, 0.1) is 23.6 Å². The van der Waals surface area contributed by atoms with Crippen molar-refractivity contribution >= 4 is 11.6 Å². The minimum atomic E-state index is -0.257. The molecule has 3 nitrogen and oxygen atoms in total. The van der Waals surface area contributed by atoms with Crippen molar-refractivity contribution in [2.45, 2.75) is 58.3 Å². The molecule has 1 amide bonds. The van der Waals surface area contributed by atoms with Gasteiger partial charge in [-0.3, -0.25) is 4.79 Å². The fourth-order valence-corrected chi connectivity index (χ4v) is 4.08. The molecular weight excluding hydrogens is 303 g/mol. The predicted molar refractivity (Wildman–Crippen MR) is 94.2 cm³/mol. The van der Waals surface area contributed by atoms with Crippen LogP contribution in [0.2, 0.25) is 0 Å². The first-order valence-electron chi connectivity index (χ1n) is 9.33. The summed E-state index contributed by atoms with van der Waals surface area (Å²) in [5, 5.41) is 4.37. The Bertz CT molecular complexity index is 582. The molecule has 24 heavy (non-hydrogen) atoms. The summed E-state index contributed by atoms with van der Waals surface area (Å²) in [5.74, 6) is 1.11. The first-order chi connectivity index (χ1) is 11.7. The summed E-state index contributed by atoms with van der Waals surface area (Å²) < 4.78 is 13.1. The van der Waals surface area contributed by atoms with Crippen LogP contribution in [0.4, 0.5) is 4.39 Å². The number of rotatable bonds is 5. The van der Waals surface area contributed by atoms with Crippen LogP contribution >= 0.6 is 0 Å². The van der Waals surface area contributed by atoms with Crippen LogP contribution in [0.15, 0.2) is 29.4 Å². The lowest BCUT2D eigenvalue weighted by atomic mass is 10.0. The Morgan fingerprint density at radius 3 is 2.33 bits per heavy atom. The second kappa shape index (κ2) is 7.91. The zero-order valence-electron chi connectivity index (χ0n) is 14.4. The third-order valence-corrected chi connectivity index (χ3v) is 5.42. The van der Waals surface area contributed by atoms with E-state index in [0.717, 1.165) is 24.1 Å². The Kier molecular flexibility index (Phi) is 5.64. The van der Waals surface area contributed by atoms with Gasteiger partial charge in [0, 0.05) is 5.92 Å². The van der Waals surface area contributed by atoms with Crippen molar-refractivity contribution in [3.05, 3.63) is 35.6 Å². The van der Waals surface area contributed by atoms with Gasteiger partial charge < -0.3 is 0 Å². The summed E-state index contributed by atoms with van der Waals surface area (Å²) in [7, 11) is 0. The molecule has 1 N–H and O–H groups in total. The number of carbonyl (C=O) groups excluding carboxylic acids is 1. The predicted octanol–water partition coefficient (Wildman–Crippen LogP) is 4.66. The molecule has 2 aliphatic carbocycles. The summed E-state index contributed by atoms with van der Waals surface area (Å²) in [6.07, 6.45) is 9.19. The number of halogens is 1. The Balaban J connectivity index is 1.63. The fourth-order valence-electron chi connectivity index (χ4n) is 4.08. The zero-order chi connectivity index (χ0) is 16.9. The Morgan fingerprint density at radius 2 is 1.75 bits per heavy atom. The second-order valence-corrected chi connectivity index (χ2v) is 7.14. The van der Waals surface area contributed by atoms with Crippen LogP contribution in [0.1, 0.15) is 63.9 Å². The van der Waals surface area contributed by atoms with Gasteiger partial charge in [0.25, 0.3) is 0 Å². The number of benzene rings is 1. The summed E-state index contributed by atoms with van der Waals surface area (Å²) >= 11 is 0. The lowest BCUT2D eigenvalue weighted by Crippen LogP contribution is -2.23. The number of fused-ring (bicyclic) bond motifs is 1. The second-order valence-electron chi connectivity index (χ2n) is 7.14. The van der Waals surface area contributed by atoms with Gasteiger partial charge in [0.05, 0.1) is 5.71 Å². The molecule has 130 valence electrons. The number of carbonyl (C=O) groups is 1. The first kappa shape index (κ1) is 17.1. The van der Waals surface area contributed by atoms with Crippen molar-refractivity contribution in [1.82, 2.24) is 5.43 Å². The van der Waals surface area contributed by atoms with E-state index in [1.54, 1.807) is 12.1 Å². The van der Waals surface area contributed by atoms with Crippen LogP contribution in [-0.4, -0.2) is 11.6 Å². The molecule has 2 saturated carbocycles. The van der Waals surface area contributed by atoms with Gasteiger partial charge in [-0.1, -0.05) is 51.2 Å². The van der Waals surface area contributed by atoms with E-state index < -0.39 is 0 Å². The monoisotopic (exact) mass is 330 g/mol. The molecular formula is C20H27FN2O. The zero-order valence-corrected chi connectivity index (χ0v) is 14.4. The summed E-state index contributed by atoms with van der Waals surface area (Å²) in [4.78, 5) is 12.5. The molecule has 0 heterocycles. The van der Waals surface area contributed by atoms with Crippen LogP contribution in [0.5, 0.6) is 0 Å². The molecule has 0 radical (unpaired) electrons. The quantitative estimate of drug-likeness (QED) is 0.619. The maximum absolute atomic E-state index is 13.1. The molecule has 3 rings (SSSR count). The van der Waals surface area contributed by atoms with E-state index in [2.05, 4.69) is 17.5 Å². The van der Waals surface area contributed by atoms with Gasteiger partial charge in [0.15, 0.2) is 0 Å². The molecule has 0 saturated heterocycles. The average Bonchev–Trinajstić information content (AvgIpc) is 3.23. The molecule has 1 aromatic rings. The minimum absolute atomic E-state index is 0.0719. The number of amides is 1. The van der Waals surface area contributed by atoms with Crippen LogP contribution in [0.25, 0.3) is 0 Å². The van der Waals surface area contributed by atoms with Gasteiger partial charge in [-0.15, -0.1) is 0 Å². The van der Waals surface area contributed by atoms with Crippen molar-refractivity contribution in [3.63, 3.8) is 0 Å². The van der Waals surface area contributed by atoms with E-state index >= 15 is 0 Å². The third-order valence-electron chi connectivity index (χ3n) is 5.42. The van der Waals surface area contributed by atoms with E-state index in [1.807, 2.05) is 0 Å². The number of hydrogen-bond acceptors (Lipinski definition) is 2. The average molecular weight is 330 g/mol. The largest absolute Gasteiger partial charge is 0.273 e. The molecule has 0 aliphatic heterocycles. The van der Waals surface area contributed by atoms with E-state index in [-0.39, 0.29) is 17.6 Å². The minimum Gasteiger partial charge on any atom is -0.273 e. The van der Waals surface area contributed by atoms with Crippen LogP contribution in [0.3, 0.4) is 0 Å². The van der Waals surface area contributed by atoms with Gasteiger partial charge in [-0.2, -0.15) is 5.10 Å². The van der Waals surface area contributed by atoms with Crippen molar-refractivity contribution in [2.24, 2.45) is 22.9 Å². The fraction of sp³-hybridized carbons (Fsp3) is 0.600. The maximum Gasteiger partial charge on any atom is 0.243 e. The Morgan fingerprint density at radius 1 is 1.12 bits per heavy atom. The Labute approximate surface area is 143 Å². The highest BCUT2D eigenvalue weighted by molar-refractivity contribution is 6.01. The molecule has 2 fully saturated rings. The van der Waals surface area contributed by atoms with Gasteiger partial charge in [-0.25, -0.2) is 9.82 Å². The van der Waals surface area contributed by atoms with Gasteiger partial charge >= 0.3 is 0 Å². The number of hydrazone groups is 1. The van der Waals surface area contributed by atoms with E-state index in [4.69, 9.17) is 0 Å². The highest BCUT2D eigenvalue weighted by Crippen LogP contribution is 2.53. The molecule has 0 aromatic heterocycles. The molecule has 2 aliphatic rings. The molecule has 0 bridgehead atoms. The lowest BCUT2D eigenvalue weighted by molar-refractivity contribution is -0.122. The summed E-state index contributed by atoms with van der Waals surface area (Å²) in [6.45, 7) is 2.07. The van der Waals surface area contributed by atoms with Crippen molar-refractivity contribution < 1.29 is 9.18 Å².